The summed E-state index contributed by atoms with van der Waals surface area (Å²) >= 11 is 0. The number of carbonyl (C=O) groups excluding carboxylic acids is 3. The molecule has 1 fully saturated rings. The number of hydrogen-bond acceptors (Lipinski definition) is 6. The number of nitrogens with zero attached hydrogens (tertiary/aromatic N) is 3. The first kappa shape index (κ1) is 24.0. The number of hydrogen-bond donors (Lipinski definition) is 1. The predicted octanol–water partition coefficient (Wildman–Crippen LogP) is 2.85. The van der Waals surface area contributed by atoms with E-state index >= 15 is 0 Å². The largest absolute Gasteiger partial charge is 0.456 e. The third-order valence-corrected chi connectivity index (χ3v) is 5.64. The van der Waals surface area contributed by atoms with E-state index in [9.17, 15) is 14.4 Å². The number of likely N-dealkylation sites (tertiary alicyclic amines) is 1. The Morgan fingerprint density at radius 2 is 1.76 bits per heavy atom. The van der Waals surface area contributed by atoms with Crippen LogP contribution in [-0.4, -0.2) is 73.0 Å². The molecule has 1 N–H and O–H groups in total. The van der Waals surface area contributed by atoms with Crippen LogP contribution in [0, 0.1) is 12.8 Å². The zero-order chi connectivity index (χ0) is 23.8. The van der Waals surface area contributed by atoms with Crippen molar-refractivity contribution in [1.29, 1.82) is 0 Å². The van der Waals surface area contributed by atoms with Crippen LogP contribution >= 0.6 is 0 Å². The van der Waals surface area contributed by atoms with E-state index in [1.54, 1.807) is 17.0 Å². The number of aromatic nitrogens is 1. The molecule has 0 aliphatic carbocycles. The predicted molar refractivity (Wildman–Crippen MR) is 122 cm³/mol. The highest BCUT2D eigenvalue weighted by Crippen LogP contribution is 2.22. The number of amides is 3. The van der Waals surface area contributed by atoms with Crippen molar-refractivity contribution in [2.24, 2.45) is 5.92 Å². The Morgan fingerprint density at radius 3 is 2.33 bits per heavy atom. The van der Waals surface area contributed by atoms with Gasteiger partial charge in [0.15, 0.2) is 0 Å². The lowest BCUT2D eigenvalue weighted by Gasteiger charge is -2.33. The fraction of sp³-hybridized carbons (Fsp3) is 0.417. The minimum atomic E-state index is -0.344. The molecule has 0 atom stereocenters. The summed E-state index contributed by atoms with van der Waals surface area (Å²) < 4.78 is 10.5. The van der Waals surface area contributed by atoms with Gasteiger partial charge in [0.05, 0.1) is 19.9 Å². The molecule has 0 spiro atoms. The van der Waals surface area contributed by atoms with Crippen LogP contribution in [0.25, 0.3) is 0 Å². The van der Waals surface area contributed by atoms with E-state index in [2.05, 4.69) is 10.3 Å². The summed E-state index contributed by atoms with van der Waals surface area (Å²) in [7, 11) is 2.90. The smallest absolute Gasteiger partial charge is 0.409 e. The molecule has 3 amide bonds. The summed E-state index contributed by atoms with van der Waals surface area (Å²) in [5.74, 6) is 0.790. The van der Waals surface area contributed by atoms with Crippen molar-refractivity contribution >= 4 is 17.9 Å². The van der Waals surface area contributed by atoms with Crippen molar-refractivity contribution in [3.8, 4) is 11.5 Å². The Bertz CT molecular complexity index is 954. The number of likely N-dealkylation sites (N-methyl/N-ethyl adjacent to an activating group) is 1. The summed E-state index contributed by atoms with van der Waals surface area (Å²) in [5, 5.41) is 2.57. The van der Waals surface area contributed by atoms with Crippen LogP contribution in [0.4, 0.5) is 4.79 Å². The highest BCUT2D eigenvalue weighted by Gasteiger charge is 2.28. The monoisotopic (exact) mass is 454 g/mol. The molecule has 0 saturated carbocycles. The zero-order valence-corrected chi connectivity index (χ0v) is 19.2. The van der Waals surface area contributed by atoms with E-state index in [-0.39, 0.29) is 36.1 Å². The zero-order valence-electron chi connectivity index (χ0n) is 19.2. The average Bonchev–Trinajstić information content (AvgIpc) is 2.85. The number of piperidine rings is 1. The Kier molecular flexibility index (Phi) is 8.23. The van der Waals surface area contributed by atoms with Crippen LogP contribution in [0.1, 0.15) is 28.9 Å². The molecule has 1 aromatic carbocycles. The second kappa shape index (κ2) is 11.3. The van der Waals surface area contributed by atoms with Gasteiger partial charge in [-0.05, 0) is 49.9 Å². The summed E-state index contributed by atoms with van der Waals surface area (Å²) in [5.41, 5.74) is 1.37. The van der Waals surface area contributed by atoms with Gasteiger partial charge >= 0.3 is 6.09 Å². The molecular weight excluding hydrogens is 424 g/mol. The summed E-state index contributed by atoms with van der Waals surface area (Å²) in [6.45, 7) is 3.46. The molecule has 33 heavy (non-hydrogen) atoms. The van der Waals surface area contributed by atoms with Crippen molar-refractivity contribution in [3.05, 3.63) is 53.9 Å². The van der Waals surface area contributed by atoms with Crippen molar-refractivity contribution < 1.29 is 23.9 Å². The highest BCUT2D eigenvalue weighted by molar-refractivity contribution is 5.95. The second-order valence-electron chi connectivity index (χ2n) is 8.05. The van der Waals surface area contributed by atoms with Crippen LogP contribution in [0.15, 0.2) is 42.6 Å². The molecule has 3 rings (SSSR count). The number of ether oxygens (including phenoxy) is 2. The van der Waals surface area contributed by atoms with Gasteiger partial charge in [0.25, 0.3) is 5.91 Å². The number of pyridine rings is 1. The van der Waals surface area contributed by atoms with Crippen LogP contribution < -0.4 is 10.1 Å². The fourth-order valence-electron chi connectivity index (χ4n) is 3.68. The Labute approximate surface area is 193 Å². The molecule has 0 bridgehead atoms. The molecule has 9 heteroatoms. The molecule has 1 saturated heterocycles. The minimum Gasteiger partial charge on any atom is -0.456 e. The maximum atomic E-state index is 13.2. The van der Waals surface area contributed by atoms with E-state index in [4.69, 9.17) is 9.47 Å². The molecule has 1 aliphatic rings. The number of benzene rings is 1. The van der Waals surface area contributed by atoms with Gasteiger partial charge in [-0.1, -0.05) is 17.7 Å². The van der Waals surface area contributed by atoms with Crippen LogP contribution in [0.3, 0.4) is 0 Å². The number of methoxy groups -OCH3 is 1. The molecule has 1 aromatic heterocycles. The Morgan fingerprint density at radius 1 is 1.09 bits per heavy atom. The SMILES string of the molecule is CNC(=O)CN(CC1CCN(C(=O)OC)CC1)C(=O)c1ccc(Oc2ccc(C)cc2)cn1. The number of rotatable bonds is 7. The molecular formula is C24H30N4O5. The molecule has 0 unspecified atom stereocenters. The average molecular weight is 455 g/mol. The van der Waals surface area contributed by atoms with Crippen LogP contribution in [-0.2, 0) is 9.53 Å². The third-order valence-electron chi connectivity index (χ3n) is 5.64. The van der Waals surface area contributed by atoms with E-state index in [0.717, 1.165) is 18.4 Å². The first-order valence-electron chi connectivity index (χ1n) is 10.9. The maximum absolute atomic E-state index is 13.2. The summed E-state index contributed by atoms with van der Waals surface area (Å²) in [4.78, 5) is 44.3. The minimum absolute atomic E-state index is 0.0597. The second-order valence-corrected chi connectivity index (χ2v) is 8.05. The molecule has 2 aromatic rings. The van der Waals surface area contributed by atoms with Gasteiger partial charge < -0.3 is 24.6 Å². The normalized spacial score (nSPS) is 13.8. The summed E-state index contributed by atoms with van der Waals surface area (Å²) in [6, 6.07) is 10.9. The van der Waals surface area contributed by atoms with Crippen molar-refractivity contribution in [3.63, 3.8) is 0 Å². The van der Waals surface area contributed by atoms with Gasteiger partial charge in [-0.2, -0.15) is 0 Å². The van der Waals surface area contributed by atoms with Gasteiger partial charge in [0, 0.05) is 26.7 Å². The van der Waals surface area contributed by atoms with E-state index in [0.29, 0.717) is 31.1 Å². The van der Waals surface area contributed by atoms with Gasteiger partial charge in [0.2, 0.25) is 5.91 Å². The number of aryl methyl sites for hydroxylation is 1. The Hall–Kier alpha value is -3.62. The van der Waals surface area contributed by atoms with E-state index < -0.39 is 0 Å². The summed E-state index contributed by atoms with van der Waals surface area (Å²) in [6.07, 6.45) is 2.61. The molecule has 176 valence electrons. The Balaban J connectivity index is 1.65. The van der Waals surface area contributed by atoms with Crippen molar-refractivity contribution in [2.75, 3.05) is 40.3 Å². The lowest BCUT2D eigenvalue weighted by atomic mass is 9.96. The lowest BCUT2D eigenvalue weighted by molar-refractivity contribution is -0.121. The standard InChI is InChI=1S/C24H30N4O5/c1-17-4-6-19(7-5-17)33-20-8-9-21(26-14-20)23(30)28(16-22(29)25-2)15-18-10-12-27(13-11-18)24(31)32-3/h4-9,14,18H,10-13,15-16H2,1-3H3,(H,25,29). The molecule has 9 nitrogen and oxygen atoms in total. The lowest BCUT2D eigenvalue weighted by Crippen LogP contribution is -2.45. The number of nitrogens with one attached hydrogen (secondary N) is 1. The highest BCUT2D eigenvalue weighted by atomic mass is 16.5. The van der Waals surface area contributed by atoms with Crippen molar-refractivity contribution in [2.45, 2.75) is 19.8 Å². The van der Waals surface area contributed by atoms with Gasteiger partial charge in [-0.15, -0.1) is 0 Å². The third kappa shape index (κ3) is 6.68. The topological polar surface area (TPSA) is 101 Å². The first-order chi connectivity index (χ1) is 15.9. The molecule has 2 heterocycles. The number of carbonyl (C=O) groups is 3. The van der Waals surface area contributed by atoms with Gasteiger partial charge in [-0.3, -0.25) is 9.59 Å². The quantitative estimate of drug-likeness (QED) is 0.690. The van der Waals surface area contributed by atoms with E-state index in [1.807, 2.05) is 31.2 Å². The van der Waals surface area contributed by atoms with Gasteiger partial charge in [0.1, 0.15) is 17.2 Å². The van der Waals surface area contributed by atoms with Crippen molar-refractivity contribution in [1.82, 2.24) is 20.1 Å². The van der Waals surface area contributed by atoms with Crippen LogP contribution in [0.2, 0.25) is 0 Å². The fourth-order valence-corrected chi connectivity index (χ4v) is 3.68. The first-order valence-corrected chi connectivity index (χ1v) is 10.9. The molecule has 0 radical (unpaired) electrons. The maximum Gasteiger partial charge on any atom is 0.409 e. The van der Waals surface area contributed by atoms with Crippen LogP contribution in [0.5, 0.6) is 11.5 Å². The van der Waals surface area contributed by atoms with Gasteiger partial charge in [-0.25, -0.2) is 9.78 Å². The molecule has 1 aliphatic heterocycles. The van der Waals surface area contributed by atoms with E-state index in [1.165, 1.54) is 25.3 Å².